The lowest BCUT2D eigenvalue weighted by atomic mass is 10.0. The van der Waals surface area contributed by atoms with Crippen molar-refractivity contribution < 1.29 is 23.5 Å². The maximum absolute atomic E-state index is 13.5. The fourth-order valence-corrected chi connectivity index (χ4v) is 3.59. The Kier molecular flexibility index (Phi) is 5.86. The highest BCUT2D eigenvalue weighted by Gasteiger charge is 2.17. The monoisotopic (exact) mass is 452 g/mol. The minimum atomic E-state index is -1.13. The molecule has 0 aliphatic rings. The summed E-state index contributed by atoms with van der Waals surface area (Å²) in [7, 11) is 0. The van der Waals surface area contributed by atoms with Crippen molar-refractivity contribution in [2.45, 2.75) is 0 Å². The van der Waals surface area contributed by atoms with Gasteiger partial charge in [-0.1, -0.05) is 41.7 Å². The van der Waals surface area contributed by atoms with Crippen LogP contribution in [0.25, 0.3) is 10.6 Å². The molecular formula is C22H14F2N4O3S. The Morgan fingerprint density at radius 1 is 0.875 bits per heavy atom. The third-order valence-corrected chi connectivity index (χ3v) is 5.22. The Hall–Kier alpha value is -4.18. The second-order valence-corrected chi connectivity index (χ2v) is 7.53. The summed E-state index contributed by atoms with van der Waals surface area (Å²) in [5, 5.41) is 22.4. The van der Waals surface area contributed by atoms with Crippen LogP contribution in [-0.2, 0) is 0 Å². The topological polar surface area (TPSA) is 104 Å². The third kappa shape index (κ3) is 4.60. The van der Waals surface area contributed by atoms with Crippen LogP contribution < -0.4 is 10.6 Å². The van der Waals surface area contributed by atoms with E-state index in [2.05, 4.69) is 20.8 Å². The van der Waals surface area contributed by atoms with E-state index in [9.17, 15) is 23.5 Å². The minimum absolute atomic E-state index is 0.0278. The van der Waals surface area contributed by atoms with Gasteiger partial charge >= 0.3 is 6.03 Å². The molecule has 0 fully saturated rings. The summed E-state index contributed by atoms with van der Waals surface area (Å²) >= 11 is 0.828. The summed E-state index contributed by atoms with van der Waals surface area (Å²) in [5.41, 5.74) is 1.29. The van der Waals surface area contributed by atoms with Crippen LogP contribution in [0.15, 0.2) is 66.7 Å². The van der Waals surface area contributed by atoms with Crippen molar-refractivity contribution in [1.29, 1.82) is 0 Å². The van der Waals surface area contributed by atoms with E-state index in [1.54, 1.807) is 48.5 Å². The van der Waals surface area contributed by atoms with Gasteiger partial charge < -0.3 is 10.4 Å². The van der Waals surface area contributed by atoms with E-state index in [1.165, 1.54) is 0 Å². The molecule has 0 radical (unpaired) electrons. The van der Waals surface area contributed by atoms with Crippen molar-refractivity contribution in [3.63, 3.8) is 0 Å². The lowest BCUT2D eigenvalue weighted by Gasteiger charge is -2.06. The van der Waals surface area contributed by atoms with Crippen LogP contribution in [0.3, 0.4) is 0 Å². The Labute approximate surface area is 184 Å². The van der Waals surface area contributed by atoms with Crippen LogP contribution in [-0.4, -0.2) is 27.1 Å². The van der Waals surface area contributed by atoms with Crippen LogP contribution in [0.1, 0.15) is 15.9 Å². The van der Waals surface area contributed by atoms with Gasteiger partial charge in [0.2, 0.25) is 5.13 Å². The van der Waals surface area contributed by atoms with E-state index in [1.807, 2.05) is 6.07 Å². The number of urea groups is 1. The molecule has 4 rings (SSSR count). The molecule has 10 heteroatoms. The Balaban J connectivity index is 1.41. The number of amides is 2. The van der Waals surface area contributed by atoms with Crippen LogP contribution >= 0.6 is 11.3 Å². The number of rotatable bonds is 5. The van der Waals surface area contributed by atoms with E-state index >= 15 is 0 Å². The average Bonchev–Trinajstić information content (AvgIpc) is 3.25. The van der Waals surface area contributed by atoms with Gasteiger partial charge in [-0.2, -0.15) is 0 Å². The number of nitrogens with one attached hydrogen (secondary N) is 2. The van der Waals surface area contributed by atoms with Gasteiger partial charge in [0.1, 0.15) is 5.82 Å². The predicted molar refractivity (Wildman–Crippen MR) is 116 cm³/mol. The van der Waals surface area contributed by atoms with Crippen LogP contribution in [0.5, 0.6) is 5.75 Å². The molecule has 0 spiro atoms. The zero-order valence-electron chi connectivity index (χ0n) is 16.2. The van der Waals surface area contributed by atoms with Crippen molar-refractivity contribution in [2.24, 2.45) is 0 Å². The minimum Gasteiger partial charge on any atom is -0.504 e. The lowest BCUT2D eigenvalue weighted by Crippen LogP contribution is -2.19. The highest BCUT2D eigenvalue weighted by molar-refractivity contribution is 7.18. The van der Waals surface area contributed by atoms with E-state index < -0.39 is 23.4 Å². The molecule has 0 aliphatic carbocycles. The summed E-state index contributed by atoms with van der Waals surface area (Å²) in [6.45, 7) is 0. The number of aromatic hydroxyl groups is 1. The Morgan fingerprint density at radius 2 is 1.56 bits per heavy atom. The molecule has 1 heterocycles. The van der Waals surface area contributed by atoms with Crippen molar-refractivity contribution >= 4 is 34.0 Å². The molecule has 0 atom stereocenters. The van der Waals surface area contributed by atoms with Gasteiger partial charge in [-0.15, -0.1) is 10.2 Å². The number of phenols is 1. The first-order chi connectivity index (χ1) is 15.4. The second-order valence-electron chi connectivity index (χ2n) is 6.55. The summed E-state index contributed by atoms with van der Waals surface area (Å²) in [4.78, 5) is 24.7. The van der Waals surface area contributed by atoms with Gasteiger partial charge in [-0.05, 0) is 30.3 Å². The molecular weight excluding hydrogens is 438 g/mol. The maximum atomic E-state index is 13.5. The van der Waals surface area contributed by atoms with Gasteiger partial charge in [0.25, 0.3) is 0 Å². The number of hydrogen-bond acceptors (Lipinski definition) is 6. The Bertz CT molecular complexity index is 1290. The molecule has 0 saturated heterocycles. The molecule has 3 aromatic carbocycles. The first-order valence-electron chi connectivity index (χ1n) is 9.20. The first-order valence-corrected chi connectivity index (χ1v) is 10.0. The van der Waals surface area contributed by atoms with E-state index in [-0.39, 0.29) is 21.5 Å². The number of anilines is 2. The van der Waals surface area contributed by atoms with Gasteiger partial charge in [0.15, 0.2) is 22.4 Å². The Morgan fingerprint density at radius 3 is 2.28 bits per heavy atom. The third-order valence-electron chi connectivity index (χ3n) is 4.34. The quantitative estimate of drug-likeness (QED) is 0.367. The van der Waals surface area contributed by atoms with Crippen molar-refractivity contribution in [3.05, 3.63) is 89.5 Å². The molecule has 0 unspecified atom stereocenters. The van der Waals surface area contributed by atoms with Crippen LogP contribution in [0.4, 0.5) is 24.4 Å². The summed E-state index contributed by atoms with van der Waals surface area (Å²) in [5.74, 6) is -2.91. The molecule has 7 nitrogen and oxygen atoms in total. The molecule has 160 valence electrons. The molecule has 0 aliphatic heterocycles. The number of benzene rings is 3. The zero-order chi connectivity index (χ0) is 22.7. The molecule has 4 aromatic rings. The number of carbonyl (C=O) groups excluding carboxylic acids is 2. The fourth-order valence-electron chi connectivity index (χ4n) is 2.83. The molecule has 3 N–H and O–H groups in total. The smallest absolute Gasteiger partial charge is 0.325 e. The number of halogens is 2. The molecule has 1 aromatic heterocycles. The number of carbonyl (C=O) groups is 2. The van der Waals surface area contributed by atoms with Crippen LogP contribution in [0, 0.1) is 11.6 Å². The van der Waals surface area contributed by atoms with Crippen molar-refractivity contribution in [2.75, 3.05) is 10.6 Å². The predicted octanol–water partition coefficient (Wildman–Crippen LogP) is 5.06. The highest BCUT2D eigenvalue weighted by Crippen LogP contribution is 2.35. The summed E-state index contributed by atoms with van der Waals surface area (Å²) in [6, 6.07) is 16.0. The summed E-state index contributed by atoms with van der Waals surface area (Å²) < 4.78 is 27.0. The van der Waals surface area contributed by atoms with Gasteiger partial charge in [0.05, 0.1) is 5.56 Å². The molecule has 0 bridgehead atoms. The molecule has 2 amide bonds. The molecule has 0 saturated carbocycles. The molecule has 32 heavy (non-hydrogen) atoms. The van der Waals surface area contributed by atoms with Crippen molar-refractivity contribution in [1.82, 2.24) is 10.2 Å². The first kappa shape index (κ1) is 21.1. The van der Waals surface area contributed by atoms with E-state index in [4.69, 9.17) is 0 Å². The van der Waals surface area contributed by atoms with Crippen molar-refractivity contribution in [3.8, 4) is 16.3 Å². The zero-order valence-corrected chi connectivity index (χ0v) is 17.0. The number of aromatic nitrogens is 2. The number of phenolic OH excluding ortho intramolecular Hbond substituents is 1. The number of ketones is 1. The number of nitrogens with zero attached hydrogens (tertiary/aromatic N) is 2. The standard InChI is InChI=1S/C22H14F2N4O3S/c23-14-10-16(19(30)17(24)11-14)20-27-28-22(32-20)26-21(31)25-15-8-6-13(7-9-15)18(29)12-4-2-1-3-5-12/h1-11,30H,(H2,25,26,28,31). The lowest BCUT2D eigenvalue weighted by molar-refractivity contribution is 0.103. The normalized spacial score (nSPS) is 10.6. The van der Waals surface area contributed by atoms with Gasteiger partial charge in [-0.25, -0.2) is 13.6 Å². The second kappa shape index (κ2) is 8.90. The summed E-state index contributed by atoms with van der Waals surface area (Å²) in [6.07, 6.45) is 0. The van der Waals surface area contributed by atoms with Gasteiger partial charge in [0, 0.05) is 22.9 Å². The van der Waals surface area contributed by atoms with Crippen LogP contribution in [0.2, 0.25) is 0 Å². The highest BCUT2D eigenvalue weighted by atomic mass is 32.1. The van der Waals surface area contributed by atoms with E-state index in [0.717, 1.165) is 17.4 Å². The maximum Gasteiger partial charge on any atom is 0.325 e. The average molecular weight is 452 g/mol. The SMILES string of the molecule is O=C(Nc1ccc(C(=O)c2ccccc2)cc1)Nc1nnc(-c2cc(F)cc(F)c2O)s1. The van der Waals surface area contributed by atoms with E-state index in [0.29, 0.717) is 22.9 Å². The van der Waals surface area contributed by atoms with Gasteiger partial charge in [-0.3, -0.25) is 10.1 Å². The largest absolute Gasteiger partial charge is 0.504 e. The fraction of sp³-hybridized carbons (Fsp3) is 0. The number of hydrogen-bond donors (Lipinski definition) is 3.